The lowest BCUT2D eigenvalue weighted by Gasteiger charge is -2.11. The lowest BCUT2D eigenvalue weighted by molar-refractivity contribution is 0.355. The zero-order chi connectivity index (χ0) is 13.7. The second kappa shape index (κ2) is 5.92. The monoisotopic (exact) mass is 260 g/mol. The Morgan fingerprint density at radius 2 is 1.74 bits per heavy atom. The zero-order valence-electron chi connectivity index (χ0n) is 10.8. The van der Waals surface area contributed by atoms with Crippen molar-refractivity contribution in [1.29, 1.82) is 0 Å². The fourth-order valence-corrected chi connectivity index (χ4v) is 1.65. The third-order valence-corrected chi connectivity index (χ3v) is 2.55. The van der Waals surface area contributed by atoms with Crippen LogP contribution in [0.3, 0.4) is 0 Å². The number of ether oxygens (including phenoxy) is 2. The van der Waals surface area contributed by atoms with Gasteiger partial charge in [0, 0.05) is 11.8 Å². The van der Waals surface area contributed by atoms with Gasteiger partial charge in [-0.1, -0.05) is 6.07 Å². The van der Waals surface area contributed by atoms with Gasteiger partial charge in [0.25, 0.3) is 0 Å². The zero-order valence-corrected chi connectivity index (χ0v) is 10.8. The molecule has 4 N–H and O–H groups in total. The Hall–Kier alpha value is -2.47. The van der Waals surface area contributed by atoms with Crippen LogP contribution in [0.5, 0.6) is 11.5 Å². The molecule has 6 heteroatoms. The number of anilines is 3. The Morgan fingerprint density at radius 3 is 2.42 bits per heavy atom. The SMILES string of the molecule is COc1ccc(Nc2cccc(NN)n2)cc1OC. The summed E-state index contributed by atoms with van der Waals surface area (Å²) < 4.78 is 10.4. The number of nitrogens with zero attached hydrogens (tertiary/aromatic N) is 1. The first-order valence-corrected chi connectivity index (χ1v) is 5.69. The normalized spacial score (nSPS) is 9.84. The van der Waals surface area contributed by atoms with Crippen molar-refractivity contribution in [3.63, 3.8) is 0 Å². The van der Waals surface area contributed by atoms with Crippen LogP contribution in [-0.2, 0) is 0 Å². The first-order valence-electron chi connectivity index (χ1n) is 5.69. The van der Waals surface area contributed by atoms with Crippen LogP contribution in [0.2, 0.25) is 0 Å². The third kappa shape index (κ3) is 3.05. The maximum atomic E-state index is 5.32. The van der Waals surface area contributed by atoms with Crippen LogP contribution in [0.15, 0.2) is 36.4 Å². The van der Waals surface area contributed by atoms with E-state index in [1.54, 1.807) is 20.3 Å². The van der Waals surface area contributed by atoms with Gasteiger partial charge in [-0.2, -0.15) is 0 Å². The summed E-state index contributed by atoms with van der Waals surface area (Å²) in [5.74, 6) is 7.92. The van der Waals surface area contributed by atoms with Crippen LogP contribution in [0.25, 0.3) is 0 Å². The third-order valence-electron chi connectivity index (χ3n) is 2.55. The number of nitrogens with two attached hydrogens (primary N) is 1. The first-order chi connectivity index (χ1) is 9.26. The molecule has 0 unspecified atom stereocenters. The number of rotatable bonds is 5. The number of methoxy groups -OCH3 is 2. The van der Waals surface area contributed by atoms with Crippen LogP contribution in [0.4, 0.5) is 17.3 Å². The minimum Gasteiger partial charge on any atom is -0.493 e. The highest BCUT2D eigenvalue weighted by Crippen LogP contribution is 2.30. The van der Waals surface area contributed by atoms with Crippen molar-refractivity contribution in [3.8, 4) is 11.5 Å². The van der Waals surface area contributed by atoms with Gasteiger partial charge < -0.3 is 20.2 Å². The van der Waals surface area contributed by atoms with E-state index in [9.17, 15) is 0 Å². The molecule has 0 bridgehead atoms. The van der Waals surface area contributed by atoms with E-state index in [0.29, 0.717) is 23.1 Å². The molecular weight excluding hydrogens is 244 g/mol. The molecule has 0 spiro atoms. The summed E-state index contributed by atoms with van der Waals surface area (Å²) in [4.78, 5) is 4.27. The predicted molar refractivity (Wildman–Crippen MR) is 74.9 cm³/mol. The molecule has 0 amide bonds. The number of pyridine rings is 1. The lowest BCUT2D eigenvalue weighted by atomic mass is 10.2. The molecular formula is C13H16N4O2. The van der Waals surface area contributed by atoms with Gasteiger partial charge in [0.2, 0.25) is 0 Å². The van der Waals surface area contributed by atoms with Crippen molar-refractivity contribution in [2.75, 3.05) is 25.0 Å². The molecule has 6 nitrogen and oxygen atoms in total. The molecule has 0 aliphatic rings. The van der Waals surface area contributed by atoms with E-state index >= 15 is 0 Å². The van der Waals surface area contributed by atoms with Crippen LogP contribution in [-0.4, -0.2) is 19.2 Å². The van der Waals surface area contributed by atoms with E-state index in [1.165, 1.54) is 0 Å². The molecule has 1 aromatic heterocycles. The quantitative estimate of drug-likeness (QED) is 0.564. The number of nitrogen functional groups attached to an aromatic ring is 1. The van der Waals surface area contributed by atoms with Crippen molar-refractivity contribution < 1.29 is 9.47 Å². The van der Waals surface area contributed by atoms with E-state index in [4.69, 9.17) is 15.3 Å². The summed E-state index contributed by atoms with van der Waals surface area (Å²) >= 11 is 0. The Kier molecular flexibility index (Phi) is 4.04. The number of hydrogen-bond acceptors (Lipinski definition) is 6. The van der Waals surface area contributed by atoms with E-state index < -0.39 is 0 Å². The van der Waals surface area contributed by atoms with Gasteiger partial charge in [-0.05, 0) is 24.3 Å². The van der Waals surface area contributed by atoms with Crippen molar-refractivity contribution >= 4 is 17.3 Å². The summed E-state index contributed by atoms with van der Waals surface area (Å²) in [5, 5.41) is 3.16. The standard InChI is InChI=1S/C13H16N4O2/c1-18-10-7-6-9(8-11(10)19-2)15-12-4-3-5-13(16-12)17-14/h3-8H,14H2,1-2H3,(H2,15,16,17). The van der Waals surface area contributed by atoms with Gasteiger partial charge in [-0.3, -0.25) is 0 Å². The number of benzene rings is 1. The fourth-order valence-electron chi connectivity index (χ4n) is 1.65. The topological polar surface area (TPSA) is 81.4 Å². The molecule has 2 rings (SSSR count). The van der Waals surface area contributed by atoms with Crippen molar-refractivity contribution in [2.45, 2.75) is 0 Å². The minimum atomic E-state index is 0.588. The second-order valence-corrected chi connectivity index (χ2v) is 3.75. The summed E-state index contributed by atoms with van der Waals surface area (Å²) in [6, 6.07) is 11.0. The molecule has 0 aliphatic carbocycles. The van der Waals surface area contributed by atoms with Gasteiger partial charge in [-0.15, -0.1) is 0 Å². The lowest BCUT2D eigenvalue weighted by Crippen LogP contribution is -2.08. The molecule has 0 saturated carbocycles. The number of hydrogen-bond donors (Lipinski definition) is 3. The summed E-state index contributed by atoms with van der Waals surface area (Å²) in [7, 11) is 3.20. The Balaban J connectivity index is 2.22. The average Bonchev–Trinajstić information content (AvgIpc) is 2.47. The van der Waals surface area contributed by atoms with E-state index in [2.05, 4.69) is 15.7 Å². The van der Waals surface area contributed by atoms with Gasteiger partial charge in [0.05, 0.1) is 14.2 Å². The molecule has 0 saturated heterocycles. The van der Waals surface area contributed by atoms with Crippen molar-refractivity contribution in [3.05, 3.63) is 36.4 Å². The highest BCUT2D eigenvalue weighted by atomic mass is 16.5. The molecule has 0 fully saturated rings. The molecule has 100 valence electrons. The molecule has 2 aromatic rings. The summed E-state index contributed by atoms with van der Waals surface area (Å²) in [5.41, 5.74) is 3.34. The molecule has 0 radical (unpaired) electrons. The smallest absolute Gasteiger partial charge is 0.162 e. The van der Waals surface area contributed by atoms with Gasteiger partial charge in [0.1, 0.15) is 11.6 Å². The molecule has 0 aliphatic heterocycles. The minimum absolute atomic E-state index is 0.588. The highest BCUT2D eigenvalue weighted by Gasteiger charge is 2.05. The summed E-state index contributed by atoms with van der Waals surface area (Å²) in [6.45, 7) is 0. The van der Waals surface area contributed by atoms with Crippen LogP contribution in [0, 0.1) is 0 Å². The maximum absolute atomic E-state index is 5.32. The molecule has 1 heterocycles. The van der Waals surface area contributed by atoms with E-state index in [1.807, 2.05) is 30.3 Å². The predicted octanol–water partition coefficient (Wildman–Crippen LogP) is 2.13. The van der Waals surface area contributed by atoms with Gasteiger partial charge >= 0.3 is 0 Å². The first kappa shape index (κ1) is 13.0. The second-order valence-electron chi connectivity index (χ2n) is 3.75. The van der Waals surface area contributed by atoms with Gasteiger partial charge in [-0.25, -0.2) is 10.8 Å². The summed E-state index contributed by atoms with van der Waals surface area (Å²) in [6.07, 6.45) is 0. The van der Waals surface area contributed by atoms with E-state index in [0.717, 1.165) is 5.69 Å². The highest BCUT2D eigenvalue weighted by molar-refractivity contribution is 5.62. The Bertz CT molecular complexity index is 560. The van der Waals surface area contributed by atoms with E-state index in [-0.39, 0.29) is 0 Å². The maximum Gasteiger partial charge on any atom is 0.162 e. The molecule has 1 aromatic carbocycles. The number of nitrogens with one attached hydrogen (secondary N) is 2. The Morgan fingerprint density at radius 1 is 1.00 bits per heavy atom. The Labute approximate surface area is 111 Å². The van der Waals surface area contributed by atoms with Crippen LogP contribution >= 0.6 is 0 Å². The van der Waals surface area contributed by atoms with Crippen LogP contribution in [0.1, 0.15) is 0 Å². The van der Waals surface area contributed by atoms with Gasteiger partial charge in [0.15, 0.2) is 11.5 Å². The number of hydrazine groups is 1. The number of aromatic nitrogens is 1. The molecule has 19 heavy (non-hydrogen) atoms. The largest absolute Gasteiger partial charge is 0.493 e. The average molecular weight is 260 g/mol. The van der Waals surface area contributed by atoms with Crippen molar-refractivity contribution in [1.82, 2.24) is 4.98 Å². The fraction of sp³-hybridized carbons (Fsp3) is 0.154. The molecule has 0 atom stereocenters. The van der Waals surface area contributed by atoms with Crippen LogP contribution < -0.4 is 26.1 Å². The van der Waals surface area contributed by atoms with Crippen molar-refractivity contribution in [2.24, 2.45) is 5.84 Å².